The Bertz CT molecular complexity index is 558. The van der Waals surface area contributed by atoms with Crippen molar-refractivity contribution in [3.8, 4) is 0 Å². The Morgan fingerprint density at radius 3 is 1.33 bits per heavy atom. The predicted octanol–water partition coefficient (Wildman–Crippen LogP) is 9.55. The second-order valence-electron chi connectivity index (χ2n) is 12.8. The van der Waals surface area contributed by atoms with Crippen LogP contribution in [0.15, 0.2) is 0 Å². The van der Waals surface area contributed by atoms with Gasteiger partial charge in [-0.1, -0.05) is 142 Å². The van der Waals surface area contributed by atoms with E-state index in [0.29, 0.717) is 24.1 Å². The standard InChI is InChI=1S/C34H68NO4/c1-6-8-10-12-14-16-17-18-19-20-22-24-26-28-33(36)39-32(31-35(3,4)5)30-34(37)38-29-27-25-23-21-15-13-11-9-7-2/h32H,6-31H2,1-5H3/q+1. The smallest absolute Gasteiger partial charge is 0.309 e. The first-order chi connectivity index (χ1) is 18.8. The van der Waals surface area contributed by atoms with Gasteiger partial charge in [-0.25, -0.2) is 0 Å². The highest BCUT2D eigenvalue weighted by molar-refractivity contribution is 5.72. The van der Waals surface area contributed by atoms with Gasteiger partial charge >= 0.3 is 11.9 Å². The first-order valence-corrected chi connectivity index (χ1v) is 16.9. The molecule has 0 saturated heterocycles. The van der Waals surface area contributed by atoms with Crippen LogP contribution >= 0.6 is 0 Å². The summed E-state index contributed by atoms with van der Waals surface area (Å²) in [7, 11) is 6.17. The van der Waals surface area contributed by atoms with Crippen molar-refractivity contribution in [1.82, 2.24) is 0 Å². The monoisotopic (exact) mass is 555 g/mol. The summed E-state index contributed by atoms with van der Waals surface area (Å²) >= 11 is 0. The molecule has 232 valence electrons. The normalized spacial score (nSPS) is 12.4. The van der Waals surface area contributed by atoms with Crippen molar-refractivity contribution in [1.29, 1.82) is 0 Å². The molecule has 0 N–H and O–H groups in total. The maximum absolute atomic E-state index is 12.5. The van der Waals surface area contributed by atoms with Crippen LogP contribution in [-0.2, 0) is 19.1 Å². The van der Waals surface area contributed by atoms with Crippen molar-refractivity contribution < 1.29 is 23.5 Å². The Hall–Kier alpha value is -1.10. The fourth-order valence-electron chi connectivity index (χ4n) is 5.13. The molecular formula is C34H68NO4+. The van der Waals surface area contributed by atoms with Crippen LogP contribution in [-0.4, -0.2) is 56.8 Å². The molecule has 0 aromatic carbocycles. The molecule has 0 aliphatic rings. The number of unbranched alkanes of at least 4 members (excludes halogenated alkanes) is 20. The minimum atomic E-state index is -0.421. The number of hydrogen-bond donors (Lipinski definition) is 0. The van der Waals surface area contributed by atoms with Crippen LogP contribution in [0.1, 0.15) is 168 Å². The van der Waals surface area contributed by atoms with Gasteiger partial charge in [-0.05, 0) is 12.8 Å². The van der Waals surface area contributed by atoms with E-state index in [1.54, 1.807) is 0 Å². The number of quaternary nitrogens is 1. The molecule has 0 amide bonds. The number of ether oxygens (including phenoxy) is 2. The maximum Gasteiger partial charge on any atom is 0.309 e. The summed E-state index contributed by atoms with van der Waals surface area (Å²) in [6.45, 7) is 5.59. The number of likely N-dealkylation sites (N-methyl/N-ethyl adjacent to an activating group) is 1. The molecule has 39 heavy (non-hydrogen) atoms. The molecule has 0 heterocycles. The van der Waals surface area contributed by atoms with Crippen LogP contribution in [0.4, 0.5) is 0 Å². The zero-order valence-electron chi connectivity index (χ0n) is 27.0. The van der Waals surface area contributed by atoms with Crippen LogP contribution in [0, 0.1) is 0 Å². The van der Waals surface area contributed by atoms with Crippen LogP contribution in [0.2, 0.25) is 0 Å². The van der Waals surface area contributed by atoms with Crippen LogP contribution in [0.25, 0.3) is 0 Å². The zero-order valence-corrected chi connectivity index (χ0v) is 27.0. The van der Waals surface area contributed by atoms with E-state index >= 15 is 0 Å². The fourth-order valence-corrected chi connectivity index (χ4v) is 5.13. The summed E-state index contributed by atoms with van der Waals surface area (Å²) in [4.78, 5) is 24.9. The summed E-state index contributed by atoms with van der Waals surface area (Å²) < 4.78 is 11.9. The molecule has 0 fully saturated rings. The number of carbonyl (C=O) groups excluding carboxylic acids is 2. The van der Waals surface area contributed by atoms with Crippen molar-refractivity contribution in [2.75, 3.05) is 34.3 Å². The Kier molecular flexibility index (Phi) is 26.3. The zero-order chi connectivity index (χ0) is 29.0. The maximum atomic E-state index is 12.5. The van der Waals surface area contributed by atoms with Crippen molar-refractivity contribution in [2.24, 2.45) is 0 Å². The molecular weight excluding hydrogens is 486 g/mol. The van der Waals surface area contributed by atoms with E-state index < -0.39 is 6.10 Å². The van der Waals surface area contributed by atoms with Crippen molar-refractivity contribution in [2.45, 2.75) is 174 Å². The summed E-state index contributed by atoms with van der Waals surface area (Å²) in [6, 6.07) is 0. The quantitative estimate of drug-likeness (QED) is 0.0525. The van der Waals surface area contributed by atoms with Crippen LogP contribution in [0.5, 0.6) is 0 Å². The lowest BCUT2D eigenvalue weighted by Crippen LogP contribution is -2.44. The van der Waals surface area contributed by atoms with Gasteiger partial charge in [0, 0.05) is 6.42 Å². The number of rotatable bonds is 29. The molecule has 0 radical (unpaired) electrons. The van der Waals surface area contributed by atoms with Gasteiger partial charge in [0.05, 0.1) is 34.2 Å². The molecule has 0 aliphatic carbocycles. The average Bonchev–Trinajstić information content (AvgIpc) is 2.87. The highest BCUT2D eigenvalue weighted by Crippen LogP contribution is 2.15. The Morgan fingerprint density at radius 1 is 0.538 bits per heavy atom. The Morgan fingerprint density at radius 2 is 0.923 bits per heavy atom. The second kappa shape index (κ2) is 27.1. The lowest BCUT2D eigenvalue weighted by Gasteiger charge is -2.28. The molecule has 1 atom stereocenters. The van der Waals surface area contributed by atoms with E-state index in [9.17, 15) is 9.59 Å². The molecule has 0 bridgehead atoms. The third-order valence-corrected chi connectivity index (χ3v) is 7.44. The number of esters is 2. The second-order valence-corrected chi connectivity index (χ2v) is 12.8. The molecule has 0 rings (SSSR count). The summed E-state index contributed by atoms with van der Waals surface area (Å²) in [5.41, 5.74) is 0. The highest BCUT2D eigenvalue weighted by atomic mass is 16.6. The Balaban J connectivity index is 3.93. The van der Waals surface area contributed by atoms with Gasteiger partial charge in [0.15, 0.2) is 6.10 Å². The molecule has 0 aromatic rings. The van der Waals surface area contributed by atoms with Gasteiger partial charge in [-0.15, -0.1) is 0 Å². The van der Waals surface area contributed by atoms with Crippen molar-refractivity contribution in [3.63, 3.8) is 0 Å². The first-order valence-electron chi connectivity index (χ1n) is 16.9. The summed E-state index contributed by atoms with van der Waals surface area (Å²) in [6.07, 6.45) is 28.1. The summed E-state index contributed by atoms with van der Waals surface area (Å²) in [5, 5.41) is 0. The Labute approximate surface area is 243 Å². The van der Waals surface area contributed by atoms with Gasteiger partial charge in [-0.3, -0.25) is 9.59 Å². The predicted molar refractivity (Wildman–Crippen MR) is 166 cm³/mol. The van der Waals surface area contributed by atoms with Gasteiger partial charge in [0.25, 0.3) is 0 Å². The van der Waals surface area contributed by atoms with E-state index in [-0.39, 0.29) is 18.4 Å². The SMILES string of the molecule is CCCCCCCCCCCCCCCC(=O)OC(CC(=O)OCCCCCCCCCCC)C[N+](C)(C)C. The summed E-state index contributed by atoms with van der Waals surface area (Å²) in [5.74, 6) is -0.426. The van der Waals surface area contributed by atoms with E-state index in [0.717, 1.165) is 25.7 Å². The highest BCUT2D eigenvalue weighted by Gasteiger charge is 2.25. The lowest BCUT2D eigenvalue weighted by atomic mass is 10.0. The number of nitrogens with zero attached hydrogens (tertiary/aromatic N) is 1. The minimum absolute atomic E-state index is 0.150. The lowest BCUT2D eigenvalue weighted by molar-refractivity contribution is -0.873. The molecule has 5 nitrogen and oxygen atoms in total. The van der Waals surface area contributed by atoms with E-state index in [1.165, 1.54) is 116 Å². The van der Waals surface area contributed by atoms with Crippen molar-refractivity contribution in [3.05, 3.63) is 0 Å². The third-order valence-electron chi connectivity index (χ3n) is 7.44. The van der Waals surface area contributed by atoms with Gasteiger partial charge in [0.2, 0.25) is 0 Å². The average molecular weight is 555 g/mol. The molecule has 5 heteroatoms. The molecule has 0 aliphatic heterocycles. The van der Waals surface area contributed by atoms with E-state index in [4.69, 9.17) is 9.47 Å². The number of hydrogen-bond acceptors (Lipinski definition) is 4. The molecule has 0 aromatic heterocycles. The molecule has 0 spiro atoms. The van der Waals surface area contributed by atoms with E-state index in [2.05, 4.69) is 35.0 Å². The van der Waals surface area contributed by atoms with Gasteiger partial charge < -0.3 is 14.0 Å². The van der Waals surface area contributed by atoms with Crippen LogP contribution in [0.3, 0.4) is 0 Å². The largest absolute Gasteiger partial charge is 0.466 e. The fraction of sp³-hybridized carbons (Fsp3) is 0.941. The first kappa shape index (κ1) is 37.9. The van der Waals surface area contributed by atoms with Gasteiger partial charge in [-0.2, -0.15) is 0 Å². The van der Waals surface area contributed by atoms with Crippen molar-refractivity contribution >= 4 is 11.9 Å². The third kappa shape index (κ3) is 29.7. The van der Waals surface area contributed by atoms with Crippen LogP contribution < -0.4 is 0 Å². The molecule has 0 saturated carbocycles. The van der Waals surface area contributed by atoms with E-state index in [1.807, 2.05) is 0 Å². The number of carbonyl (C=O) groups is 2. The molecule has 1 unspecified atom stereocenters. The van der Waals surface area contributed by atoms with Gasteiger partial charge in [0.1, 0.15) is 6.54 Å². The topological polar surface area (TPSA) is 52.6 Å². The minimum Gasteiger partial charge on any atom is -0.466 e.